The first-order chi connectivity index (χ1) is 10.1. The minimum atomic E-state index is -0.528. The van der Waals surface area contributed by atoms with Crippen LogP contribution in [0.2, 0.25) is 0 Å². The highest BCUT2D eigenvalue weighted by Crippen LogP contribution is 2.35. The van der Waals surface area contributed by atoms with Crippen molar-refractivity contribution in [2.75, 3.05) is 5.32 Å². The van der Waals surface area contributed by atoms with E-state index in [4.69, 9.17) is 5.73 Å². The molecule has 5 heteroatoms. The molecule has 4 nitrogen and oxygen atoms in total. The Hall–Kier alpha value is -2.14. The van der Waals surface area contributed by atoms with Crippen LogP contribution in [0.4, 0.5) is 5.00 Å². The number of anilines is 1. The van der Waals surface area contributed by atoms with Gasteiger partial charge in [0.15, 0.2) is 0 Å². The molecule has 1 aromatic heterocycles. The van der Waals surface area contributed by atoms with Crippen LogP contribution in [0.1, 0.15) is 36.5 Å². The van der Waals surface area contributed by atoms with E-state index in [1.807, 2.05) is 37.3 Å². The standard InChI is InChI=1S/C16H18N2O2S/c1-2-3-9-14(19)18-16-12(15(17)20)10-13(21-16)11-7-5-4-6-8-11/h4-8,10H,2-3,9H2,1H3,(H2,17,20)(H,18,19). The number of unbranched alkanes of at least 4 members (excludes halogenated alkanes) is 1. The summed E-state index contributed by atoms with van der Waals surface area (Å²) in [5.74, 6) is -0.611. The van der Waals surface area contributed by atoms with Gasteiger partial charge in [0.1, 0.15) is 5.00 Å². The first kappa shape index (κ1) is 15.3. The van der Waals surface area contributed by atoms with Gasteiger partial charge in [0.2, 0.25) is 5.91 Å². The van der Waals surface area contributed by atoms with Gasteiger partial charge in [-0.15, -0.1) is 11.3 Å². The lowest BCUT2D eigenvalue weighted by Crippen LogP contribution is -2.16. The molecule has 0 aliphatic carbocycles. The number of primary amides is 1. The predicted octanol–water partition coefficient (Wildman–Crippen LogP) is 3.64. The molecule has 0 fully saturated rings. The van der Waals surface area contributed by atoms with Crippen LogP contribution in [-0.4, -0.2) is 11.8 Å². The molecule has 2 rings (SSSR count). The number of hydrogen-bond acceptors (Lipinski definition) is 3. The molecule has 0 radical (unpaired) electrons. The number of amides is 2. The van der Waals surface area contributed by atoms with Crippen molar-refractivity contribution in [1.29, 1.82) is 0 Å². The van der Waals surface area contributed by atoms with Crippen LogP contribution in [0.15, 0.2) is 36.4 Å². The van der Waals surface area contributed by atoms with Crippen molar-refractivity contribution in [3.63, 3.8) is 0 Å². The third-order valence-corrected chi connectivity index (χ3v) is 4.17. The smallest absolute Gasteiger partial charge is 0.251 e. The van der Waals surface area contributed by atoms with Gasteiger partial charge in [0.05, 0.1) is 5.56 Å². The van der Waals surface area contributed by atoms with Crippen LogP contribution in [0, 0.1) is 0 Å². The van der Waals surface area contributed by atoms with Gasteiger partial charge in [0, 0.05) is 11.3 Å². The van der Waals surface area contributed by atoms with Crippen LogP contribution in [0.3, 0.4) is 0 Å². The van der Waals surface area contributed by atoms with Crippen LogP contribution in [-0.2, 0) is 4.79 Å². The molecule has 0 spiro atoms. The summed E-state index contributed by atoms with van der Waals surface area (Å²) in [5.41, 5.74) is 6.76. The van der Waals surface area contributed by atoms with Crippen molar-refractivity contribution in [2.45, 2.75) is 26.2 Å². The van der Waals surface area contributed by atoms with E-state index in [9.17, 15) is 9.59 Å². The summed E-state index contributed by atoms with van der Waals surface area (Å²) in [4.78, 5) is 24.3. The van der Waals surface area contributed by atoms with E-state index in [-0.39, 0.29) is 5.91 Å². The molecule has 0 aliphatic rings. The number of nitrogens with two attached hydrogens (primary N) is 1. The highest BCUT2D eigenvalue weighted by atomic mass is 32.1. The van der Waals surface area contributed by atoms with Gasteiger partial charge in [-0.2, -0.15) is 0 Å². The van der Waals surface area contributed by atoms with Gasteiger partial charge < -0.3 is 11.1 Å². The van der Waals surface area contributed by atoms with E-state index >= 15 is 0 Å². The second-order valence-corrected chi connectivity index (χ2v) is 5.79. The maximum Gasteiger partial charge on any atom is 0.251 e. The minimum absolute atomic E-state index is 0.0826. The number of carbonyl (C=O) groups is 2. The highest BCUT2D eigenvalue weighted by Gasteiger charge is 2.16. The Balaban J connectivity index is 2.26. The molecule has 2 aromatic rings. The Morgan fingerprint density at radius 1 is 1.24 bits per heavy atom. The lowest BCUT2D eigenvalue weighted by molar-refractivity contribution is -0.116. The number of hydrogen-bond donors (Lipinski definition) is 2. The third kappa shape index (κ3) is 3.92. The lowest BCUT2D eigenvalue weighted by Gasteiger charge is -2.03. The van der Waals surface area contributed by atoms with Crippen LogP contribution < -0.4 is 11.1 Å². The lowest BCUT2D eigenvalue weighted by atomic mass is 10.1. The van der Waals surface area contributed by atoms with E-state index in [1.165, 1.54) is 11.3 Å². The number of benzene rings is 1. The van der Waals surface area contributed by atoms with Crippen molar-refractivity contribution in [3.8, 4) is 10.4 Å². The monoisotopic (exact) mass is 302 g/mol. The fourth-order valence-corrected chi connectivity index (χ4v) is 3.02. The van der Waals surface area contributed by atoms with Crippen molar-refractivity contribution >= 4 is 28.2 Å². The van der Waals surface area contributed by atoms with E-state index < -0.39 is 5.91 Å². The summed E-state index contributed by atoms with van der Waals surface area (Å²) in [6, 6.07) is 11.4. The highest BCUT2D eigenvalue weighted by molar-refractivity contribution is 7.20. The quantitative estimate of drug-likeness (QED) is 0.855. The van der Waals surface area contributed by atoms with Gasteiger partial charge in [-0.05, 0) is 18.1 Å². The molecular formula is C16H18N2O2S. The molecule has 0 unspecified atom stereocenters. The molecule has 0 bridgehead atoms. The van der Waals surface area contributed by atoms with Crippen LogP contribution in [0.25, 0.3) is 10.4 Å². The second-order valence-electron chi connectivity index (χ2n) is 4.74. The first-order valence-corrected chi connectivity index (χ1v) is 7.72. The zero-order chi connectivity index (χ0) is 15.2. The molecule has 0 saturated heterocycles. The summed E-state index contributed by atoms with van der Waals surface area (Å²) in [5, 5.41) is 3.33. The average molecular weight is 302 g/mol. The maximum atomic E-state index is 11.8. The topological polar surface area (TPSA) is 72.2 Å². The van der Waals surface area contributed by atoms with Gasteiger partial charge in [-0.25, -0.2) is 0 Å². The number of nitrogens with one attached hydrogen (secondary N) is 1. The van der Waals surface area contributed by atoms with Crippen molar-refractivity contribution in [3.05, 3.63) is 42.0 Å². The third-order valence-electron chi connectivity index (χ3n) is 3.07. The summed E-state index contributed by atoms with van der Waals surface area (Å²) in [6.45, 7) is 2.03. The molecule has 21 heavy (non-hydrogen) atoms. The maximum absolute atomic E-state index is 11.8. The fourth-order valence-electron chi connectivity index (χ4n) is 1.94. The Labute approximate surface area is 128 Å². The van der Waals surface area contributed by atoms with E-state index in [2.05, 4.69) is 5.32 Å². The van der Waals surface area contributed by atoms with Crippen LogP contribution >= 0.6 is 11.3 Å². The molecule has 3 N–H and O–H groups in total. The fraction of sp³-hybridized carbons (Fsp3) is 0.250. The van der Waals surface area contributed by atoms with Gasteiger partial charge in [-0.1, -0.05) is 43.7 Å². The minimum Gasteiger partial charge on any atom is -0.366 e. The Bertz CT molecular complexity index is 635. The number of thiophene rings is 1. The summed E-state index contributed by atoms with van der Waals surface area (Å²) in [7, 11) is 0. The summed E-state index contributed by atoms with van der Waals surface area (Å²) >= 11 is 1.37. The van der Waals surface area contributed by atoms with E-state index in [0.717, 1.165) is 23.3 Å². The van der Waals surface area contributed by atoms with Crippen molar-refractivity contribution in [2.24, 2.45) is 5.73 Å². The molecule has 0 aliphatic heterocycles. The van der Waals surface area contributed by atoms with E-state index in [0.29, 0.717) is 17.0 Å². The summed E-state index contributed by atoms with van der Waals surface area (Å²) in [6.07, 6.45) is 2.23. The Morgan fingerprint density at radius 3 is 2.57 bits per heavy atom. The summed E-state index contributed by atoms with van der Waals surface area (Å²) < 4.78 is 0. The zero-order valence-corrected chi connectivity index (χ0v) is 12.7. The molecule has 1 heterocycles. The molecule has 1 aromatic carbocycles. The SMILES string of the molecule is CCCCC(=O)Nc1sc(-c2ccccc2)cc1C(N)=O. The largest absolute Gasteiger partial charge is 0.366 e. The zero-order valence-electron chi connectivity index (χ0n) is 11.9. The molecule has 0 atom stereocenters. The predicted molar refractivity (Wildman–Crippen MR) is 86.4 cm³/mol. The Morgan fingerprint density at radius 2 is 1.95 bits per heavy atom. The molecule has 0 saturated carbocycles. The van der Waals surface area contributed by atoms with Gasteiger partial charge >= 0.3 is 0 Å². The van der Waals surface area contributed by atoms with E-state index in [1.54, 1.807) is 6.07 Å². The molecule has 110 valence electrons. The number of rotatable bonds is 6. The normalized spacial score (nSPS) is 10.3. The molecular weight excluding hydrogens is 284 g/mol. The average Bonchev–Trinajstić information content (AvgIpc) is 2.90. The molecule has 2 amide bonds. The van der Waals surface area contributed by atoms with Gasteiger partial charge in [0.25, 0.3) is 5.91 Å². The Kier molecular flexibility index (Phi) is 5.11. The van der Waals surface area contributed by atoms with Gasteiger partial charge in [-0.3, -0.25) is 9.59 Å². The number of carbonyl (C=O) groups excluding carboxylic acids is 2. The first-order valence-electron chi connectivity index (χ1n) is 6.90. The second kappa shape index (κ2) is 7.04. The van der Waals surface area contributed by atoms with Crippen LogP contribution in [0.5, 0.6) is 0 Å². The van der Waals surface area contributed by atoms with Crippen molar-refractivity contribution < 1.29 is 9.59 Å². The van der Waals surface area contributed by atoms with Crippen molar-refractivity contribution in [1.82, 2.24) is 0 Å².